The van der Waals surface area contributed by atoms with Crippen LogP contribution in [-0.2, 0) is 16.4 Å². The van der Waals surface area contributed by atoms with Gasteiger partial charge in [0.2, 0.25) is 10.0 Å². The van der Waals surface area contributed by atoms with Gasteiger partial charge in [-0.2, -0.15) is 4.31 Å². The van der Waals surface area contributed by atoms with Crippen LogP contribution in [0.4, 0.5) is 0 Å². The van der Waals surface area contributed by atoms with Crippen molar-refractivity contribution in [2.45, 2.75) is 24.2 Å². The molecule has 0 N–H and O–H groups in total. The van der Waals surface area contributed by atoms with Gasteiger partial charge in [-0.3, -0.25) is 0 Å². The van der Waals surface area contributed by atoms with Crippen LogP contribution in [0, 0.1) is 5.92 Å². The van der Waals surface area contributed by atoms with Gasteiger partial charge in [-0.1, -0.05) is 58.4 Å². The molecule has 1 aliphatic rings. The van der Waals surface area contributed by atoms with E-state index in [1.165, 1.54) is 5.56 Å². The summed E-state index contributed by atoms with van der Waals surface area (Å²) < 4.78 is 35.3. The molecule has 208 valence electrons. The summed E-state index contributed by atoms with van der Waals surface area (Å²) in [6.45, 7) is 1.12. The molecule has 0 spiro atoms. The van der Waals surface area contributed by atoms with Crippen LogP contribution in [0.25, 0.3) is 21.8 Å². The van der Waals surface area contributed by atoms with Crippen LogP contribution >= 0.6 is 27.3 Å². The number of halogens is 1. The molecule has 8 heteroatoms. The summed E-state index contributed by atoms with van der Waals surface area (Å²) in [5, 5.41) is 2.90. The molecule has 0 bridgehead atoms. The number of sulfonamides is 1. The lowest BCUT2D eigenvalue weighted by molar-refractivity contribution is 0.273. The molecule has 1 fully saturated rings. The third-order valence-corrected chi connectivity index (χ3v) is 10.7. The van der Waals surface area contributed by atoms with Crippen molar-refractivity contribution in [3.05, 3.63) is 119 Å². The second kappa shape index (κ2) is 12.3. The van der Waals surface area contributed by atoms with Gasteiger partial charge in [0.25, 0.3) is 0 Å². The number of thiazole rings is 1. The predicted molar refractivity (Wildman–Crippen MR) is 169 cm³/mol. The zero-order valence-corrected chi connectivity index (χ0v) is 25.5. The van der Waals surface area contributed by atoms with E-state index in [1.807, 2.05) is 72.1 Å². The topological polar surface area (TPSA) is 59.5 Å². The Hall–Kier alpha value is -3.30. The van der Waals surface area contributed by atoms with Crippen molar-refractivity contribution in [3.8, 4) is 33.3 Å². The summed E-state index contributed by atoms with van der Waals surface area (Å²) in [7, 11) is -3.52. The molecule has 0 aliphatic carbocycles. The van der Waals surface area contributed by atoms with E-state index < -0.39 is 10.0 Å². The van der Waals surface area contributed by atoms with Gasteiger partial charge in [-0.05, 0) is 91.4 Å². The highest BCUT2D eigenvalue weighted by Crippen LogP contribution is 2.32. The number of hydrogen-bond donors (Lipinski definition) is 0. The first-order valence-corrected chi connectivity index (χ1v) is 16.7. The lowest BCUT2D eigenvalue weighted by Gasteiger charge is -2.31. The molecule has 5 aromatic rings. The Morgan fingerprint density at radius 1 is 0.805 bits per heavy atom. The summed E-state index contributed by atoms with van der Waals surface area (Å²) in [5.74, 6) is 2.04. The van der Waals surface area contributed by atoms with Crippen molar-refractivity contribution >= 4 is 37.3 Å². The van der Waals surface area contributed by atoms with Crippen LogP contribution in [0.1, 0.15) is 18.4 Å². The van der Waals surface area contributed by atoms with Crippen LogP contribution < -0.4 is 4.74 Å². The van der Waals surface area contributed by atoms with Gasteiger partial charge in [0.1, 0.15) is 16.5 Å². The molecule has 1 saturated heterocycles. The second-order valence-electron chi connectivity index (χ2n) is 10.2. The van der Waals surface area contributed by atoms with Crippen molar-refractivity contribution in [3.63, 3.8) is 0 Å². The first-order valence-electron chi connectivity index (χ1n) is 13.6. The minimum Gasteiger partial charge on any atom is -0.457 e. The van der Waals surface area contributed by atoms with E-state index in [0.29, 0.717) is 23.9 Å². The molecule has 4 aromatic carbocycles. The van der Waals surface area contributed by atoms with Crippen molar-refractivity contribution < 1.29 is 13.2 Å². The van der Waals surface area contributed by atoms with Crippen LogP contribution in [0.5, 0.6) is 11.5 Å². The average molecular weight is 646 g/mol. The molecular weight excluding hydrogens is 616 g/mol. The van der Waals surface area contributed by atoms with Gasteiger partial charge in [0.15, 0.2) is 0 Å². The quantitative estimate of drug-likeness (QED) is 0.170. The first-order chi connectivity index (χ1) is 19.9. The summed E-state index contributed by atoms with van der Waals surface area (Å²) in [4.78, 5) is 5.14. The Kier molecular flexibility index (Phi) is 8.35. The highest BCUT2D eigenvalue weighted by atomic mass is 79.9. The van der Waals surface area contributed by atoms with Crippen LogP contribution in [-0.4, -0.2) is 30.8 Å². The first kappa shape index (κ1) is 27.8. The molecule has 5 nitrogen and oxygen atoms in total. The van der Waals surface area contributed by atoms with Gasteiger partial charge < -0.3 is 4.74 Å². The molecule has 0 atom stereocenters. The molecule has 0 unspecified atom stereocenters. The number of hydrogen-bond acceptors (Lipinski definition) is 5. The molecular formula is C33H29BrN2O3S2. The Morgan fingerprint density at radius 3 is 2.07 bits per heavy atom. The highest BCUT2D eigenvalue weighted by molar-refractivity contribution is 9.10. The lowest BCUT2D eigenvalue weighted by Crippen LogP contribution is -2.38. The lowest BCUT2D eigenvalue weighted by atomic mass is 9.91. The molecule has 6 rings (SSSR count). The molecule has 0 saturated carbocycles. The average Bonchev–Trinajstić information content (AvgIpc) is 3.50. The maximum atomic E-state index is 13.3. The van der Waals surface area contributed by atoms with Gasteiger partial charge >= 0.3 is 0 Å². The van der Waals surface area contributed by atoms with Crippen molar-refractivity contribution in [2.75, 3.05) is 13.1 Å². The number of piperidine rings is 1. The normalized spacial score (nSPS) is 14.7. The fourth-order valence-corrected chi connectivity index (χ4v) is 7.66. The van der Waals surface area contributed by atoms with E-state index in [4.69, 9.17) is 9.72 Å². The monoisotopic (exact) mass is 644 g/mol. The third kappa shape index (κ3) is 6.62. The van der Waals surface area contributed by atoms with E-state index in [2.05, 4.69) is 40.2 Å². The summed E-state index contributed by atoms with van der Waals surface area (Å²) in [6.07, 6.45) is 2.76. The third-order valence-electron chi connectivity index (χ3n) is 7.38. The van der Waals surface area contributed by atoms with E-state index in [1.54, 1.807) is 27.8 Å². The Bertz CT molecular complexity index is 1700. The predicted octanol–water partition coefficient (Wildman–Crippen LogP) is 8.68. The molecule has 0 amide bonds. The van der Waals surface area contributed by atoms with E-state index >= 15 is 0 Å². The minimum atomic E-state index is -3.52. The molecule has 2 heterocycles. The van der Waals surface area contributed by atoms with Crippen molar-refractivity contribution in [1.82, 2.24) is 9.29 Å². The number of benzene rings is 4. The summed E-state index contributed by atoms with van der Waals surface area (Å²) in [5.41, 5.74) is 4.03. The number of rotatable bonds is 8. The number of aromatic nitrogens is 1. The minimum absolute atomic E-state index is 0.333. The maximum absolute atomic E-state index is 13.3. The van der Waals surface area contributed by atoms with E-state index in [0.717, 1.165) is 57.1 Å². The maximum Gasteiger partial charge on any atom is 0.243 e. The van der Waals surface area contributed by atoms with Gasteiger partial charge in [-0.25, -0.2) is 13.4 Å². The molecule has 1 aromatic heterocycles. The Labute approximate surface area is 253 Å². The van der Waals surface area contributed by atoms with Crippen LogP contribution in [0.15, 0.2) is 118 Å². The standard InChI is InChI=1S/C33H29BrN2O3S2/c34-28-10-14-30(15-11-28)39-29-12-6-27(7-13-29)33-35-32(23-40-33)26-8-16-31(17-9-26)41(37,38)36-20-18-25(19-21-36)22-24-4-2-1-3-5-24/h1-17,23,25H,18-22H2. The number of ether oxygens (including phenoxy) is 1. The van der Waals surface area contributed by atoms with Gasteiger partial charge in [0.05, 0.1) is 10.6 Å². The van der Waals surface area contributed by atoms with E-state index in [-0.39, 0.29) is 0 Å². The Morgan fingerprint density at radius 2 is 1.41 bits per heavy atom. The Balaban J connectivity index is 1.08. The molecule has 1 aliphatic heterocycles. The van der Waals surface area contributed by atoms with E-state index in [9.17, 15) is 8.42 Å². The van der Waals surface area contributed by atoms with Gasteiger partial charge in [0, 0.05) is 34.1 Å². The smallest absolute Gasteiger partial charge is 0.243 e. The zero-order chi connectivity index (χ0) is 28.2. The molecule has 41 heavy (non-hydrogen) atoms. The highest BCUT2D eigenvalue weighted by Gasteiger charge is 2.29. The fourth-order valence-electron chi connectivity index (χ4n) is 5.09. The summed E-state index contributed by atoms with van der Waals surface area (Å²) >= 11 is 4.99. The SMILES string of the molecule is O=S(=O)(c1ccc(-c2csc(-c3ccc(Oc4ccc(Br)cc4)cc3)n2)cc1)N1CCC(Cc2ccccc2)CC1. The zero-order valence-electron chi connectivity index (χ0n) is 22.3. The number of nitrogens with zero attached hydrogens (tertiary/aromatic N) is 2. The second-order valence-corrected chi connectivity index (χ2v) is 13.9. The fraction of sp³-hybridized carbons (Fsp3) is 0.182. The van der Waals surface area contributed by atoms with Crippen LogP contribution in [0.3, 0.4) is 0 Å². The summed E-state index contributed by atoms with van der Waals surface area (Å²) in [6, 6.07) is 33.1. The van der Waals surface area contributed by atoms with Crippen LogP contribution in [0.2, 0.25) is 0 Å². The van der Waals surface area contributed by atoms with Gasteiger partial charge in [-0.15, -0.1) is 11.3 Å². The van der Waals surface area contributed by atoms with Crippen molar-refractivity contribution in [1.29, 1.82) is 0 Å². The van der Waals surface area contributed by atoms with Crippen molar-refractivity contribution in [2.24, 2.45) is 5.92 Å². The largest absolute Gasteiger partial charge is 0.457 e. The molecule has 0 radical (unpaired) electrons.